The summed E-state index contributed by atoms with van der Waals surface area (Å²) in [6.07, 6.45) is 4.30. The summed E-state index contributed by atoms with van der Waals surface area (Å²) in [7, 11) is 0. The third kappa shape index (κ3) is 2.43. The average Bonchev–Trinajstić information content (AvgIpc) is 2.87. The summed E-state index contributed by atoms with van der Waals surface area (Å²) in [6, 6.07) is -0.936. The molecule has 1 aliphatic carbocycles. The van der Waals surface area contributed by atoms with E-state index in [0.29, 0.717) is 6.42 Å². The summed E-state index contributed by atoms with van der Waals surface area (Å²) < 4.78 is 0. The molecule has 2 amide bonds. The van der Waals surface area contributed by atoms with Crippen LogP contribution in [-0.2, 0) is 14.4 Å². The number of piperazine rings is 1. The van der Waals surface area contributed by atoms with Gasteiger partial charge in [-0.15, -0.1) is 0 Å². The lowest BCUT2D eigenvalue weighted by atomic mass is 9.81. The van der Waals surface area contributed by atoms with Crippen molar-refractivity contribution >= 4 is 17.8 Å². The van der Waals surface area contributed by atoms with E-state index in [9.17, 15) is 19.5 Å². The summed E-state index contributed by atoms with van der Waals surface area (Å²) in [5, 5.41) is 11.7. The van der Waals surface area contributed by atoms with Gasteiger partial charge in [-0.2, -0.15) is 0 Å². The highest BCUT2D eigenvalue weighted by Gasteiger charge is 2.46. The van der Waals surface area contributed by atoms with Gasteiger partial charge in [0.15, 0.2) is 0 Å². The lowest BCUT2D eigenvalue weighted by molar-refractivity contribution is -0.159. The van der Waals surface area contributed by atoms with Crippen molar-refractivity contribution in [1.29, 1.82) is 0 Å². The number of carbonyl (C=O) groups is 3. The van der Waals surface area contributed by atoms with Gasteiger partial charge in [-0.3, -0.25) is 9.59 Å². The maximum atomic E-state index is 12.7. The number of aliphatic carboxylic acids is 1. The van der Waals surface area contributed by atoms with Crippen LogP contribution in [0.4, 0.5) is 0 Å². The Kier molecular flexibility index (Phi) is 3.78. The summed E-state index contributed by atoms with van der Waals surface area (Å²) in [5.41, 5.74) is -0.453. The standard InChI is InChI=1S/C13H20N2O4/c1-2-13(5-3-4-6-13)12(19)15-8-10(16)14-7-9(15)11(17)18/h9H,2-8H2,1H3,(H,14,16)(H,17,18). The predicted octanol–water partition coefficient (Wildman–Crippen LogP) is 0.368. The van der Waals surface area contributed by atoms with E-state index in [0.717, 1.165) is 25.7 Å². The number of rotatable bonds is 3. The zero-order chi connectivity index (χ0) is 14.0. The summed E-state index contributed by atoms with van der Waals surface area (Å²) in [5.74, 6) is -1.50. The first kappa shape index (κ1) is 13.8. The Labute approximate surface area is 112 Å². The minimum atomic E-state index is -1.06. The summed E-state index contributed by atoms with van der Waals surface area (Å²) in [4.78, 5) is 36.7. The summed E-state index contributed by atoms with van der Waals surface area (Å²) in [6.45, 7) is 1.82. The van der Waals surface area contributed by atoms with Gasteiger partial charge in [-0.1, -0.05) is 19.8 Å². The number of hydrogen-bond acceptors (Lipinski definition) is 3. The maximum Gasteiger partial charge on any atom is 0.328 e. The van der Waals surface area contributed by atoms with Crippen molar-refractivity contribution in [1.82, 2.24) is 10.2 Å². The van der Waals surface area contributed by atoms with Crippen LogP contribution in [0.15, 0.2) is 0 Å². The van der Waals surface area contributed by atoms with Crippen LogP contribution in [0, 0.1) is 5.41 Å². The van der Waals surface area contributed by atoms with Crippen LogP contribution < -0.4 is 5.32 Å². The molecule has 0 bridgehead atoms. The van der Waals surface area contributed by atoms with Crippen LogP contribution in [0.5, 0.6) is 0 Å². The molecule has 1 saturated carbocycles. The lowest BCUT2D eigenvalue weighted by Gasteiger charge is -2.39. The number of nitrogens with zero attached hydrogens (tertiary/aromatic N) is 1. The van der Waals surface area contributed by atoms with Gasteiger partial charge in [0.05, 0.1) is 0 Å². The monoisotopic (exact) mass is 268 g/mol. The normalized spacial score (nSPS) is 26.1. The van der Waals surface area contributed by atoms with Gasteiger partial charge in [-0.05, 0) is 19.3 Å². The highest BCUT2D eigenvalue weighted by Crippen LogP contribution is 2.42. The van der Waals surface area contributed by atoms with E-state index in [1.807, 2.05) is 6.92 Å². The second-order valence-electron chi connectivity index (χ2n) is 5.43. The fraction of sp³-hybridized carbons (Fsp3) is 0.769. The molecule has 19 heavy (non-hydrogen) atoms. The highest BCUT2D eigenvalue weighted by atomic mass is 16.4. The zero-order valence-electron chi connectivity index (χ0n) is 11.1. The van der Waals surface area contributed by atoms with Crippen molar-refractivity contribution in [3.05, 3.63) is 0 Å². The molecular formula is C13H20N2O4. The van der Waals surface area contributed by atoms with E-state index < -0.39 is 17.4 Å². The van der Waals surface area contributed by atoms with Gasteiger partial charge in [-0.25, -0.2) is 4.79 Å². The summed E-state index contributed by atoms with van der Waals surface area (Å²) >= 11 is 0. The van der Waals surface area contributed by atoms with Crippen LogP contribution in [0.2, 0.25) is 0 Å². The molecule has 0 spiro atoms. The molecule has 1 aliphatic heterocycles. The van der Waals surface area contributed by atoms with E-state index >= 15 is 0 Å². The Morgan fingerprint density at radius 1 is 1.42 bits per heavy atom. The SMILES string of the molecule is CCC1(C(=O)N2CC(=O)NCC2C(=O)O)CCCC1. The molecule has 106 valence electrons. The average molecular weight is 268 g/mol. The van der Waals surface area contributed by atoms with Crippen LogP contribution in [0.3, 0.4) is 0 Å². The molecule has 2 rings (SSSR count). The third-order valence-corrected chi connectivity index (χ3v) is 4.42. The third-order valence-electron chi connectivity index (χ3n) is 4.42. The Morgan fingerprint density at radius 2 is 2.05 bits per heavy atom. The van der Waals surface area contributed by atoms with E-state index in [2.05, 4.69) is 5.32 Å². The molecule has 6 nitrogen and oxygen atoms in total. The largest absolute Gasteiger partial charge is 0.480 e. The van der Waals surface area contributed by atoms with Gasteiger partial charge in [0.1, 0.15) is 12.6 Å². The smallest absolute Gasteiger partial charge is 0.328 e. The first-order chi connectivity index (χ1) is 9.00. The quantitative estimate of drug-likeness (QED) is 0.774. The van der Waals surface area contributed by atoms with Crippen molar-refractivity contribution in [2.75, 3.05) is 13.1 Å². The van der Waals surface area contributed by atoms with Gasteiger partial charge < -0.3 is 15.3 Å². The van der Waals surface area contributed by atoms with Gasteiger partial charge in [0.2, 0.25) is 11.8 Å². The second kappa shape index (κ2) is 5.19. The highest BCUT2D eigenvalue weighted by molar-refractivity contribution is 5.93. The Morgan fingerprint density at radius 3 is 2.58 bits per heavy atom. The van der Waals surface area contributed by atoms with Crippen LogP contribution in [0.25, 0.3) is 0 Å². The topological polar surface area (TPSA) is 86.7 Å². The van der Waals surface area contributed by atoms with Crippen LogP contribution >= 0.6 is 0 Å². The van der Waals surface area contributed by atoms with Gasteiger partial charge in [0, 0.05) is 12.0 Å². The first-order valence-corrected chi connectivity index (χ1v) is 6.81. The van der Waals surface area contributed by atoms with Crippen molar-refractivity contribution < 1.29 is 19.5 Å². The van der Waals surface area contributed by atoms with Crippen molar-refractivity contribution in [2.45, 2.75) is 45.1 Å². The van der Waals surface area contributed by atoms with E-state index in [-0.39, 0.29) is 24.9 Å². The van der Waals surface area contributed by atoms with E-state index in [4.69, 9.17) is 0 Å². The molecule has 0 aromatic carbocycles. The Hall–Kier alpha value is -1.59. The molecule has 1 saturated heterocycles. The van der Waals surface area contributed by atoms with Crippen molar-refractivity contribution in [3.63, 3.8) is 0 Å². The molecule has 1 heterocycles. The van der Waals surface area contributed by atoms with E-state index in [1.54, 1.807) is 0 Å². The van der Waals surface area contributed by atoms with Gasteiger partial charge in [0.25, 0.3) is 0 Å². The minimum Gasteiger partial charge on any atom is -0.480 e. The Balaban J connectivity index is 2.23. The molecule has 2 aliphatic rings. The molecule has 0 aromatic heterocycles. The molecular weight excluding hydrogens is 248 g/mol. The number of carbonyl (C=O) groups excluding carboxylic acids is 2. The molecule has 1 atom stereocenters. The number of hydrogen-bond donors (Lipinski definition) is 2. The number of carboxylic acid groups (broad SMARTS) is 1. The van der Waals surface area contributed by atoms with Crippen LogP contribution in [0.1, 0.15) is 39.0 Å². The minimum absolute atomic E-state index is 0.000297. The maximum absolute atomic E-state index is 12.7. The van der Waals surface area contributed by atoms with Crippen molar-refractivity contribution in [2.24, 2.45) is 5.41 Å². The number of amides is 2. The molecule has 2 N–H and O–H groups in total. The Bertz CT molecular complexity index is 401. The zero-order valence-corrected chi connectivity index (χ0v) is 11.1. The fourth-order valence-electron chi connectivity index (χ4n) is 3.15. The molecule has 0 radical (unpaired) electrons. The van der Waals surface area contributed by atoms with Crippen molar-refractivity contribution in [3.8, 4) is 0 Å². The van der Waals surface area contributed by atoms with E-state index in [1.165, 1.54) is 4.90 Å². The molecule has 0 aromatic rings. The van der Waals surface area contributed by atoms with Gasteiger partial charge >= 0.3 is 5.97 Å². The lowest BCUT2D eigenvalue weighted by Crippen LogP contribution is -2.61. The number of carboxylic acids is 1. The number of nitrogens with one attached hydrogen (secondary N) is 1. The first-order valence-electron chi connectivity index (χ1n) is 6.81. The van der Waals surface area contributed by atoms with Crippen LogP contribution in [-0.4, -0.2) is 46.9 Å². The predicted molar refractivity (Wildman–Crippen MR) is 67.3 cm³/mol. The second-order valence-corrected chi connectivity index (χ2v) is 5.43. The molecule has 1 unspecified atom stereocenters. The fourth-order valence-corrected chi connectivity index (χ4v) is 3.15. The molecule has 6 heteroatoms. The molecule has 2 fully saturated rings.